The smallest absolute Gasteiger partial charge is 0.339 e. The Kier molecular flexibility index (Phi) is 3.08. The van der Waals surface area contributed by atoms with Crippen molar-refractivity contribution in [3.63, 3.8) is 0 Å². The van der Waals surface area contributed by atoms with Crippen LogP contribution in [0, 0.1) is 0 Å². The van der Waals surface area contributed by atoms with Crippen molar-refractivity contribution in [2.75, 3.05) is 0 Å². The summed E-state index contributed by atoms with van der Waals surface area (Å²) in [4.78, 5) is 11.0. The van der Waals surface area contributed by atoms with Gasteiger partial charge in [-0.3, -0.25) is 5.21 Å². The number of hydroxylamine groups is 2. The highest BCUT2D eigenvalue weighted by Gasteiger charge is 2.18. The highest BCUT2D eigenvalue weighted by Crippen LogP contribution is 2.35. The number of amides is 2. The highest BCUT2D eigenvalue weighted by atomic mass is 32.1. The van der Waals surface area contributed by atoms with E-state index in [2.05, 4.69) is 12.1 Å². The lowest BCUT2D eigenvalue weighted by Gasteiger charge is -2.20. The first-order valence-corrected chi connectivity index (χ1v) is 7.08. The minimum atomic E-state index is -0.853. The molecule has 3 rings (SSSR count). The van der Waals surface area contributed by atoms with E-state index in [-0.39, 0.29) is 0 Å². The maximum Gasteiger partial charge on any atom is 0.339 e. The summed E-state index contributed by atoms with van der Waals surface area (Å²) in [5.41, 5.74) is 5.94. The molecular formula is C15H14N2O2S. The second kappa shape index (κ2) is 4.77. The monoisotopic (exact) mass is 286 g/mol. The van der Waals surface area contributed by atoms with Crippen LogP contribution in [0.5, 0.6) is 0 Å². The van der Waals surface area contributed by atoms with Crippen LogP contribution in [0.3, 0.4) is 0 Å². The van der Waals surface area contributed by atoms with Gasteiger partial charge in [0.05, 0.1) is 6.04 Å². The van der Waals surface area contributed by atoms with E-state index in [9.17, 15) is 10.0 Å². The summed E-state index contributed by atoms with van der Waals surface area (Å²) in [5, 5.41) is 12.6. The maximum absolute atomic E-state index is 11.0. The number of nitrogens with zero attached hydrogens (tertiary/aromatic N) is 1. The van der Waals surface area contributed by atoms with E-state index >= 15 is 0 Å². The number of benzene rings is 2. The predicted molar refractivity (Wildman–Crippen MR) is 81.0 cm³/mol. The van der Waals surface area contributed by atoms with Gasteiger partial charge in [0, 0.05) is 20.2 Å². The first kappa shape index (κ1) is 12.9. The Morgan fingerprint density at radius 1 is 1.20 bits per heavy atom. The Morgan fingerprint density at radius 3 is 2.65 bits per heavy atom. The fraction of sp³-hybridized carbons (Fsp3) is 0.133. The molecule has 1 atom stereocenters. The molecule has 0 fully saturated rings. The van der Waals surface area contributed by atoms with Gasteiger partial charge in [0.25, 0.3) is 0 Å². The average molecular weight is 286 g/mol. The minimum Gasteiger partial charge on any atom is -0.350 e. The molecule has 4 nitrogen and oxygen atoms in total. The Balaban J connectivity index is 2.11. The molecule has 0 aliphatic rings. The SMILES string of the molecule is CC(c1ccc2c(c1)sc1ccccc12)N(O)C(N)=O. The molecule has 2 aromatic carbocycles. The zero-order valence-corrected chi connectivity index (χ0v) is 11.7. The summed E-state index contributed by atoms with van der Waals surface area (Å²) < 4.78 is 2.36. The molecule has 0 aliphatic heterocycles. The fourth-order valence-corrected chi connectivity index (χ4v) is 3.49. The van der Waals surface area contributed by atoms with E-state index in [1.165, 1.54) is 15.5 Å². The molecular weight excluding hydrogens is 272 g/mol. The van der Waals surface area contributed by atoms with Gasteiger partial charge in [-0.1, -0.05) is 30.3 Å². The normalized spacial score (nSPS) is 12.7. The maximum atomic E-state index is 11.0. The van der Waals surface area contributed by atoms with Crippen LogP contribution in [0.4, 0.5) is 4.79 Å². The minimum absolute atomic E-state index is 0.470. The van der Waals surface area contributed by atoms with Crippen LogP contribution < -0.4 is 5.73 Å². The van der Waals surface area contributed by atoms with E-state index in [4.69, 9.17) is 5.73 Å². The van der Waals surface area contributed by atoms with Gasteiger partial charge in [-0.05, 0) is 24.6 Å². The Hall–Kier alpha value is -2.11. The number of carbonyl (C=O) groups is 1. The Morgan fingerprint density at radius 2 is 1.90 bits per heavy atom. The number of carbonyl (C=O) groups excluding carboxylic acids is 1. The number of hydrogen-bond acceptors (Lipinski definition) is 3. The lowest BCUT2D eigenvalue weighted by molar-refractivity contribution is -0.0709. The third kappa shape index (κ3) is 2.01. The quantitative estimate of drug-likeness (QED) is 0.554. The molecule has 0 aliphatic carbocycles. The van der Waals surface area contributed by atoms with Crippen molar-refractivity contribution in [2.45, 2.75) is 13.0 Å². The number of primary amides is 1. The molecule has 3 N–H and O–H groups in total. The second-order valence-electron chi connectivity index (χ2n) is 4.71. The third-order valence-corrected chi connectivity index (χ3v) is 4.61. The predicted octanol–water partition coefficient (Wildman–Crippen LogP) is 3.89. The van der Waals surface area contributed by atoms with Crippen molar-refractivity contribution in [3.8, 4) is 0 Å². The van der Waals surface area contributed by atoms with Crippen molar-refractivity contribution in [1.82, 2.24) is 5.06 Å². The summed E-state index contributed by atoms with van der Waals surface area (Å²) in [6.45, 7) is 1.74. The van der Waals surface area contributed by atoms with Crippen LogP contribution in [0.1, 0.15) is 18.5 Å². The van der Waals surface area contributed by atoms with E-state index in [1.54, 1.807) is 18.3 Å². The van der Waals surface area contributed by atoms with E-state index in [0.717, 1.165) is 10.3 Å². The Labute approximate surface area is 120 Å². The zero-order valence-electron chi connectivity index (χ0n) is 10.9. The van der Waals surface area contributed by atoms with Gasteiger partial charge in [-0.25, -0.2) is 4.79 Å². The molecule has 0 spiro atoms. The number of nitrogens with two attached hydrogens (primary N) is 1. The van der Waals surface area contributed by atoms with Gasteiger partial charge >= 0.3 is 6.03 Å². The van der Waals surface area contributed by atoms with E-state index < -0.39 is 12.1 Å². The molecule has 2 amide bonds. The number of thiophene rings is 1. The summed E-state index contributed by atoms with van der Waals surface area (Å²) in [6.07, 6.45) is 0. The van der Waals surface area contributed by atoms with Gasteiger partial charge in [0.2, 0.25) is 0 Å². The van der Waals surface area contributed by atoms with Crippen molar-refractivity contribution >= 4 is 37.5 Å². The molecule has 5 heteroatoms. The molecule has 1 aromatic heterocycles. The summed E-state index contributed by atoms with van der Waals surface area (Å²) in [7, 11) is 0. The van der Waals surface area contributed by atoms with Crippen molar-refractivity contribution in [2.24, 2.45) is 5.73 Å². The van der Waals surface area contributed by atoms with Crippen molar-refractivity contribution < 1.29 is 10.0 Å². The van der Waals surface area contributed by atoms with Crippen LogP contribution in [-0.2, 0) is 0 Å². The summed E-state index contributed by atoms with van der Waals surface area (Å²) in [5.74, 6) is 0. The van der Waals surface area contributed by atoms with E-state index in [1.807, 2.05) is 30.3 Å². The second-order valence-corrected chi connectivity index (χ2v) is 5.80. The summed E-state index contributed by atoms with van der Waals surface area (Å²) >= 11 is 1.70. The first-order valence-electron chi connectivity index (χ1n) is 6.26. The standard InChI is InChI=1S/C15H14N2O2S/c1-9(17(19)15(16)18)10-6-7-12-11-4-2-3-5-13(11)20-14(12)8-10/h2-9,19H,1H3,(H2,16,18). The summed E-state index contributed by atoms with van der Waals surface area (Å²) in [6, 6.07) is 12.8. The molecule has 0 radical (unpaired) electrons. The van der Waals surface area contributed by atoms with Crippen LogP contribution in [-0.4, -0.2) is 16.3 Å². The number of fused-ring (bicyclic) bond motifs is 3. The molecule has 3 aromatic rings. The average Bonchev–Trinajstić information content (AvgIpc) is 2.83. The largest absolute Gasteiger partial charge is 0.350 e. The molecule has 0 saturated carbocycles. The lowest BCUT2D eigenvalue weighted by atomic mass is 10.1. The van der Waals surface area contributed by atoms with Crippen LogP contribution >= 0.6 is 11.3 Å². The molecule has 1 heterocycles. The van der Waals surface area contributed by atoms with Crippen LogP contribution in [0.15, 0.2) is 42.5 Å². The first-order chi connectivity index (χ1) is 9.58. The van der Waals surface area contributed by atoms with Gasteiger partial charge < -0.3 is 5.73 Å². The van der Waals surface area contributed by atoms with E-state index in [0.29, 0.717) is 5.06 Å². The molecule has 0 bridgehead atoms. The van der Waals surface area contributed by atoms with Crippen LogP contribution in [0.25, 0.3) is 20.2 Å². The van der Waals surface area contributed by atoms with Gasteiger partial charge in [0.15, 0.2) is 0 Å². The molecule has 102 valence electrons. The topological polar surface area (TPSA) is 66.6 Å². The lowest BCUT2D eigenvalue weighted by Crippen LogP contribution is -2.34. The number of hydrogen-bond donors (Lipinski definition) is 2. The zero-order chi connectivity index (χ0) is 14.3. The number of rotatable bonds is 2. The Bertz CT molecular complexity index is 797. The fourth-order valence-electron chi connectivity index (χ4n) is 2.33. The van der Waals surface area contributed by atoms with Gasteiger partial charge in [-0.15, -0.1) is 11.3 Å². The molecule has 1 unspecified atom stereocenters. The van der Waals surface area contributed by atoms with Gasteiger partial charge in [0.1, 0.15) is 0 Å². The highest BCUT2D eigenvalue weighted by molar-refractivity contribution is 7.25. The number of urea groups is 1. The van der Waals surface area contributed by atoms with Crippen LogP contribution in [0.2, 0.25) is 0 Å². The third-order valence-electron chi connectivity index (χ3n) is 3.48. The molecule has 20 heavy (non-hydrogen) atoms. The van der Waals surface area contributed by atoms with Crippen molar-refractivity contribution in [3.05, 3.63) is 48.0 Å². The van der Waals surface area contributed by atoms with Crippen molar-refractivity contribution in [1.29, 1.82) is 0 Å². The van der Waals surface area contributed by atoms with Gasteiger partial charge in [-0.2, -0.15) is 5.06 Å². The molecule has 0 saturated heterocycles.